The first kappa shape index (κ1) is 8.07. The first-order chi connectivity index (χ1) is 6.34. The summed E-state index contributed by atoms with van der Waals surface area (Å²) in [6.45, 7) is 0. The lowest BCUT2D eigenvalue weighted by Crippen LogP contribution is -1.85. The summed E-state index contributed by atoms with van der Waals surface area (Å²) in [5.74, 6) is 1.27. The average Bonchev–Trinajstić information content (AvgIpc) is 2.53. The summed E-state index contributed by atoms with van der Waals surface area (Å²) < 4.78 is 5.43. The molecule has 0 radical (unpaired) electrons. The molecule has 13 heavy (non-hydrogen) atoms. The Labute approximate surface area is 79.8 Å². The van der Waals surface area contributed by atoms with Crippen LogP contribution in [-0.4, -0.2) is 4.98 Å². The Morgan fingerprint density at radius 2 is 2.00 bits per heavy atom. The predicted molar refractivity (Wildman–Crippen MR) is 53.0 cm³/mol. The van der Waals surface area contributed by atoms with Crippen molar-refractivity contribution >= 4 is 17.2 Å². The first-order valence-electron chi connectivity index (χ1n) is 3.78. The summed E-state index contributed by atoms with van der Waals surface area (Å²) in [7, 11) is 0. The van der Waals surface area contributed by atoms with Crippen LogP contribution in [0.1, 0.15) is 0 Å². The molecule has 0 unspecified atom stereocenters. The van der Waals surface area contributed by atoms with Gasteiger partial charge in [0, 0.05) is 5.38 Å². The summed E-state index contributed by atoms with van der Waals surface area (Å²) in [5.41, 5.74) is 5.45. The maximum Gasteiger partial charge on any atom is 0.280 e. The number of hydrogen-bond donors (Lipinski definition) is 1. The van der Waals surface area contributed by atoms with E-state index < -0.39 is 0 Å². The third-order valence-corrected chi connectivity index (χ3v) is 2.18. The van der Waals surface area contributed by atoms with Crippen molar-refractivity contribution in [3.05, 3.63) is 35.7 Å². The Bertz CT molecular complexity index is 386. The smallest absolute Gasteiger partial charge is 0.280 e. The monoisotopic (exact) mass is 192 g/mol. The normalized spacial score (nSPS) is 9.85. The number of hydrogen-bond acceptors (Lipinski definition) is 4. The zero-order valence-corrected chi connectivity index (χ0v) is 7.62. The average molecular weight is 192 g/mol. The molecular formula is C9H8N2OS. The Morgan fingerprint density at radius 3 is 2.62 bits per heavy atom. The molecule has 0 fully saturated rings. The van der Waals surface area contributed by atoms with Crippen LogP contribution in [0, 0.1) is 0 Å². The van der Waals surface area contributed by atoms with Crippen molar-refractivity contribution in [2.75, 3.05) is 5.73 Å². The lowest BCUT2D eigenvalue weighted by Gasteiger charge is -1.98. The SMILES string of the molecule is Nc1csc(Oc2ccccc2)n1. The Hall–Kier alpha value is -1.55. The maximum absolute atomic E-state index is 5.45. The molecule has 4 heteroatoms. The highest BCUT2D eigenvalue weighted by molar-refractivity contribution is 7.11. The lowest BCUT2D eigenvalue weighted by molar-refractivity contribution is 0.479. The summed E-state index contributed by atoms with van der Waals surface area (Å²) >= 11 is 1.39. The van der Waals surface area contributed by atoms with E-state index in [1.165, 1.54) is 11.3 Å². The molecular weight excluding hydrogens is 184 g/mol. The largest absolute Gasteiger partial charge is 0.431 e. The van der Waals surface area contributed by atoms with Crippen molar-refractivity contribution in [2.24, 2.45) is 0 Å². The van der Waals surface area contributed by atoms with Crippen molar-refractivity contribution in [1.29, 1.82) is 0 Å². The van der Waals surface area contributed by atoms with E-state index >= 15 is 0 Å². The minimum atomic E-state index is 0.496. The molecule has 1 aromatic carbocycles. The van der Waals surface area contributed by atoms with Gasteiger partial charge in [-0.05, 0) is 12.1 Å². The van der Waals surface area contributed by atoms with Crippen LogP contribution in [0.15, 0.2) is 35.7 Å². The van der Waals surface area contributed by atoms with Crippen LogP contribution >= 0.6 is 11.3 Å². The highest BCUT2D eigenvalue weighted by Gasteiger charge is 2.00. The van der Waals surface area contributed by atoms with E-state index in [9.17, 15) is 0 Å². The fourth-order valence-electron chi connectivity index (χ4n) is 0.905. The van der Waals surface area contributed by atoms with E-state index in [1.54, 1.807) is 5.38 Å². The van der Waals surface area contributed by atoms with Crippen molar-refractivity contribution < 1.29 is 4.74 Å². The second-order valence-corrected chi connectivity index (χ2v) is 3.27. The molecule has 1 heterocycles. The van der Waals surface area contributed by atoms with Crippen LogP contribution in [0.5, 0.6) is 10.9 Å². The van der Waals surface area contributed by atoms with Crippen LogP contribution in [0.4, 0.5) is 5.82 Å². The molecule has 2 rings (SSSR count). The molecule has 0 aliphatic carbocycles. The fourth-order valence-corrected chi connectivity index (χ4v) is 1.48. The van der Waals surface area contributed by atoms with E-state index in [2.05, 4.69) is 4.98 Å². The van der Waals surface area contributed by atoms with Crippen molar-refractivity contribution in [3.63, 3.8) is 0 Å². The number of aromatic nitrogens is 1. The molecule has 2 aromatic rings. The van der Waals surface area contributed by atoms with Gasteiger partial charge in [-0.3, -0.25) is 0 Å². The second kappa shape index (κ2) is 3.45. The number of benzene rings is 1. The van der Waals surface area contributed by atoms with Crippen LogP contribution in [-0.2, 0) is 0 Å². The van der Waals surface area contributed by atoms with Gasteiger partial charge in [-0.2, -0.15) is 4.98 Å². The van der Waals surface area contributed by atoms with Gasteiger partial charge in [0.2, 0.25) is 0 Å². The van der Waals surface area contributed by atoms with Crippen molar-refractivity contribution in [2.45, 2.75) is 0 Å². The van der Waals surface area contributed by atoms with Gasteiger partial charge < -0.3 is 10.5 Å². The topological polar surface area (TPSA) is 48.1 Å². The number of para-hydroxylation sites is 1. The molecule has 0 atom stereocenters. The summed E-state index contributed by atoms with van der Waals surface area (Å²) in [6.07, 6.45) is 0. The van der Waals surface area contributed by atoms with Gasteiger partial charge in [-0.1, -0.05) is 29.5 Å². The van der Waals surface area contributed by atoms with E-state index in [1.807, 2.05) is 30.3 Å². The van der Waals surface area contributed by atoms with Gasteiger partial charge in [0.1, 0.15) is 11.6 Å². The molecule has 0 bridgehead atoms. The molecule has 0 saturated heterocycles. The second-order valence-electron chi connectivity index (χ2n) is 2.45. The fraction of sp³-hybridized carbons (Fsp3) is 0. The van der Waals surface area contributed by atoms with E-state index in [0.717, 1.165) is 5.75 Å². The minimum absolute atomic E-state index is 0.496. The van der Waals surface area contributed by atoms with E-state index in [0.29, 0.717) is 11.0 Å². The van der Waals surface area contributed by atoms with Gasteiger partial charge in [0.25, 0.3) is 5.19 Å². The molecule has 3 nitrogen and oxygen atoms in total. The van der Waals surface area contributed by atoms with Gasteiger partial charge >= 0.3 is 0 Å². The third-order valence-electron chi connectivity index (χ3n) is 1.45. The zero-order chi connectivity index (χ0) is 9.10. The molecule has 0 aliphatic heterocycles. The van der Waals surface area contributed by atoms with Crippen LogP contribution in [0.3, 0.4) is 0 Å². The molecule has 0 spiro atoms. The standard InChI is InChI=1S/C9H8N2OS/c10-8-6-13-9(11-8)12-7-4-2-1-3-5-7/h1-6H,10H2. The summed E-state index contributed by atoms with van der Waals surface area (Å²) in [5, 5.41) is 2.32. The lowest BCUT2D eigenvalue weighted by atomic mass is 10.3. The first-order valence-corrected chi connectivity index (χ1v) is 4.66. The predicted octanol–water partition coefficient (Wildman–Crippen LogP) is 2.52. The van der Waals surface area contributed by atoms with Crippen LogP contribution in [0.25, 0.3) is 0 Å². The summed E-state index contributed by atoms with van der Waals surface area (Å²) in [6, 6.07) is 9.50. The maximum atomic E-state index is 5.45. The van der Waals surface area contributed by atoms with Gasteiger partial charge in [0.05, 0.1) is 0 Å². The van der Waals surface area contributed by atoms with E-state index in [4.69, 9.17) is 10.5 Å². The zero-order valence-electron chi connectivity index (χ0n) is 6.81. The van der Waals surface area contributed by atoms with Gasteiger partial charge in [-0.15, -0.1) is 0 Å². The molecule has 2 N–H and O–H groups in total. The Morgan fingerprint density at radius 1 is 1.23 bits per heavy atom. The highest BCUT2D eigenvalue weighted by Crippen LogP contribution is 2.25. The number of rotatable bonds is 2. The Kier molecular flexibility index (Phi) is 2.14. The number of nitrogen functional groups attached to an aromatic ring is 1. The number of anilines is 1. The number of thiazole rings is 1. The van der Waals surface area contributed by atoms with Crippen LogP contribution in [0.2, 0.25) is 0 Å². The van der Waals surface area contributed by atoms with Gasteiger partial charge in [0.15, 0.2) is 0 Å². The number of nitrogens with zero attached hydrogens (tertiary/aromatic N) is 1. The molecule has 0 saturated carbocycles. The third kappa shape index (κ3) is 1.97. The molecule has 1 aromatic heterocycles. The number of ether oxygens (including phenoxy) is 1. The molecule has 66 valence electrons. The highest BCUT2D eigenvalue weighted by atomic mass is 32.1. The molecule has 0 amide bonds. The van der Waals surface area contributed by atoms with Crippen molar-refractivity contribution in [1.82, 2.24) is 4.98 Å². The summed E-state index contributed by atoms with van der Waals surface area (Å²) in [4.78, 5) is 3.98. The quantitative estimate of drug-likeness (QED) is 0.795. The minimum Gasteiger partial charge on any atom is -0.431 e. The Balaban J connectivity index is 2.15. The van der Waals surface area contributed by atoms with Crippen LogP contribution < -0.4 is 10.5 Å². The van der Waals surface area contributed by atoms with E-state index in [-0.39, 0.29) is 0 Å². The van der Waals surface area contributed by atoms with Gasteiger partial charge in [-0.25, -0.2) is 0 Å². The number of nitrogens with two attached hydrogens (primary N) is 1. The molecule has 0 aliphatic rings. The van der Waals surface area contributed by atoms with Crippen molar-refractivity contribution in [3.8, 4) is 10.9 Å².